The molecule has 1 aromatic heterocycles. The molecule has 0 radical (unpaired) electrons. The molecule has 6 nitrogen and oxygen atoms in total. The zero-order valence-corrected chi connectivity index (χ0v) is 13.5. The lowest BCUT2D eigenvalue weighted by Crippen LogP contribution is -2.43. The van der Waals surface area contributed by atoms with Crippen LogP contribution in [0, 0.1) is 0 Å². The molecule has 0 saturated carbocycles. The Morgan fingerprint density at radius 2 is 2.43 bits per heavy atom. The number of nitrogen functional groups attached to an aromatic ring is 1. The van der Waals surface area contributed by atoms with Gasteiger partial charge in [-0.1, -0.05) is 6.92 Å². The van der Waals surface area contributed by atoms with E-state index in [4.69, 9.17) is 10.5 Å². The predicted molar refractivity (Wildman–Crippen MR) is 87.1 cm³/mol. The largest absolute Gasteiger partial charge is 0.397 e. The first-order chi connectivity index (χ1) is 10.1. The summed E-state index contributed by atoms with van der Waals surface area (Å²) < 4.78 is 5.70. The number of nitrogens with zero attached hydrogens (tertiary/aromatic N) is 1. The van der Waals surface area contributed by atoms with Crippen molar-refractivity contribution >= 4 is 27.9 Å². The van der Waals surface area contributed by atoms with Gasteiger partial charge >= 0.3 is 0 Å². The van der Waals surface area contributed by atoms with Crippen molar-refractivity contribution in [2.24, 2.45) is 0 Å². The molecule has 4 N–H and O–H groups in total. The normalized spacial score (nSPS) is 19.4. The summed E-state index contributed by atoms with van der Waals surface area (Å²) in [5.74, 6) is -0.0963. The number of ether oxygens (including phenoxy) is 1. The highest BCUT2D eigenvalue weighted by Crippen LogP contribution is 2.29. The first-order valence-electron chi connectivity index (χ1n) is 7.31. The topological polar surface area (TPSA) is 79.6 Å². The Morgan fingerprint density at radius 1 is 1.62 bits per heavy atom. The van der Waals surface area contributed by atoms with Gasteiger partial charge in [0, 0.05) is 26.2 Å². The molecule has 21 heavy (non-hydrogen) atoms. The standard InChI is InChI=1S/C14H24N4O2S/c1-3-4-16-14(19)13-11(15)7-12(21-13)17-8-10-9-18(2)5-6-20-10/h7,10,17H,3-6,8-9,15H2,1-2H3,(H,16,19). The summed E-state index contributed by atoms with van der Waals surface area (Å²) in [5, 5.41) is 7.07. The second-order valence-electron chi connectivity index (χ2n) is 5.29. The number of carbonyl (C=O) groups is 1. The maximum absolute atomic E-state index is 11.9. The van der Waals surface area contributed by atoms with Crippen LogP contribution < -0.4 is 16.4 Å². The molecule has 1 aliphatic rings. The molecule has 0 aliphatic carbocycles. The summed E-state index contributed by atoms with van der Waals surface area (Å²) >= 11 is 1.39. The fraction of sp³-hybridized carbons (Fsp3) is 0.643. The quantitative estimate of drug-likeness (QED) is 0.736. The van der Waals surface area contributed by atoms with Gasteiger partial charge in [0.15, 0.2) is 0 Å². The van der Waals surface area contributed by atoms with E-state index in [1.54, 1.807) is 0 Å². The maximum Gasteiger partial charge on any atom is 0.263 e. The number of likely N-dealkylation sites (N-methyl/N-ethyl adjacent to an activating group) is 1. The fourth-order valence-electron chi connectivity index (χ4n) is 2.19. The first kappa shape index (κ1) is 16.1. The van der Waals surface area contributed by atoms with Crippen LogP contribution in [0.3, 0.4) is 0 Å². The smallest absolute Gasteiger partial charge is 0.263 e. The molecule has 1 unspecified atom stereocenters. The molecule has 1 atom stereocenters. The molecular formula is C14H24N4O2S. The molecule has 0 aromatic carbocycles. The number of amides is 1. The lowest BCUT2D eigenvalue weighted by atomic mass is 10.3. The molecule has 2 rings (SSSR count). The minimum Gasteiger partial charge on any atom is -0.397 e. The highest BCUT2D eigenvalue weighted by molar-refractivity contribution is 7.18. The van der Waals surface area contributed by atoms with Crippen LogP contribution in [0.2, 0.25) is 0 Å². The average Bonchev–Trinajstić information content (AvgIpc) is 2.84. The highest BCUT2D eigenvalue weighted by Gasteiger charge is 2.19. The van der Waals surface area contributed by atoms with Gasteiger partial charge in [-0.25, -0.2) is 0 Å². The SMILES string of the molecule is CCCNC(=O)c1sc(NCC2CN(C)CCO2)cc1N. The van der Waals surface area contributed by atoms with Gasteiger partial charge in [0.05, 0.1) is 23.4 Å². The molecule has 7 heteroatoms. The van der Waals surface area contributed by atoms with E-state index >= 15 is 0 Å². The number of rotatable bonds is 6. The van der Waals surface area contributed by atoms with Crippen LogP contribution in [-0.4, -0.2) is 56.7 Å². The molecule has 0 spiro atoms. The van der Waals surface area contributed by atoms with Crippen LogP contribution in [0.15, 0.2) is 6.07 Å². The van der Waals surface area contributed by atoms with Crippen molar-refractivity contribution in [1.29, 1.82) is 0 Å². The summed E-state index contributed by atoms with van der Waals surface area (Å²) in [5.41, 5.74) is 6.44. The van der Waals surface area contributed by atoms with E-state index < -0.39 is 0 Å². The lowest BCUT2D eigenvalue weighted by Gasteiger charge is -2.30. The zero-order chi connectivity index (χ0) is 15.2. The Balaban J connectivity index is 1.88. The molecule has 1 amide bonds. The minimum absolute atomic E-state index is 0.0963. The van der Waals surface area contributed by atoms with Crippen LogP contribution in [0.4, 0.5) is 10.7 Å². The van der Waals surface area contributed by atoms with E-state index in [-0.39, 0.29) is 12.0 Å². The monoisotopic (exact) mass is 312 g/mol. The number of thiophene rings is 1. The van der Waals surface area contributed by atoms with Crippen molar-refractivity contribution in [2.45, 2.75) is 19.4 Å². The minimum atomic E-state index is -0.0963. The van der Waals surface area contributed by atoms with E-state index in [2.05, 4.69) is 22.6 Å². The van der Waals surface area contributed by atoms with Crippen molar-refractivity contribution in [3.05, 3.63) is 10.9 Å². The van der Waals surface area contributed by atoms with Gasteiger partial charge in [-0.2, -0.15) is 0 Å². The van der Waals surface area contributed by atoms with Gasteiger partial charge in [-0.05, 0) is 19.5 Å². The second-order valence-corrected chi connectivity index (χ2v) is 6.34. The van der Waals surface area contributed by atoms with Crippen LogP contribution in [0.5, 0.6) is 0 Å². The third kappa shape index (κ3) is 4.59. The van der Waals surface area contributed by atoms with Crippen LogP contribution in [0.25, 0.3) is 0 Å². The van der Waals surface area contributed by atoms with Gasteiger partial charge in [0.2, 0.25) is 0 Å². The molecule has 1 saturated heterocycles. The number of morpholine rings is 1. The van der Waals surface area contributed by atoms with E-state index in [9.17, 15) is 4.79 Å². The Kier molecular flexibility index (Phi) is 5.84. The fourth-order valence-corrected chi connectivity index (χ4v) is 3.10. The van der Waals surface area contributed by atoms with E-state index in [1.165, 1.54) is 11.3 Å². The van der Waals surface area contributed by atoms with Gasteiger partial charge < -0.3 is 26.0 Å². The summed E-state index contributed by atoms with van der Waals surface area (Å²) in [6, 6.07) is 1.82. The molecule has 1 fully saturated rings. The number of hydrogen-bond donors (Lipinski definition) is 3. The molecular weight excluding hydrogens is 288 g/mol. The number of nitrogens with two attached hydrogens (primary N) is 1. The zero-order valence-electron chi connectivity index (χ0n) is 12.6. The Labute approximate surface area is 129 Å². The van der Waals surface area contributed by atoms with Gasteiger partial charge in [-0.3, -0.25) is 4.79 Å². The number of nitrogens with one attached hydrogen (secondary N) is 2. The van der Waals surface area contributed by atoms with Crippen molar-refractivity contribution < 1.29 is 9.53 Å². The molecule has 1 aromatic rings. The third-order valence-corrected chi connectivity index (χ3v) is 4.46. The average molecular weight is 312 g/mol. The van der Waals surface area contributed by atoms with E-state index in [0.717, 1.165) is 37.7 Å². The first-order valence-corrected chi connectivity index (χ1v) is 8.13. The lowest BCUT2D eigenvalue weighted by molar-refractivity contribution is -0.0116. The van der Waals surface area contributed by atoms with Crippen molar-refractivity contribution in [1.82, 2.24) is 10.2 Å². The third-order valence-electron chi connectivity index (χ3n) is 3.35. The Morgan fingerprint density at radius 3 is 3.14 bits per heavy atom. The van der Waals surface area contributed by atoms with Crippen LogP contribution in [-0.2, 0) is 4.74 Å². The molecule has 2 heterocycles. The van der Waals surface area contributed by atoms with E-state index in [1.807, 2.05) is 13.0 Å². The van der Waals surface area contributed by atoms with Gasteiger partial charge in [0.25, 0.3) is 5.91 Å². The summed E-state index contributed by atoms with van der Waals surface area (Å²) in [7, 11) is 2.09. The molecule has 0 bridgehead atoms. The Hall–Kier alpha value is -1.31. The number of carbonyl (C=O) groups excluding carboxylic acids is 1. The van der Waals surface area contributed by atoms with Crippen molar-refractivity contribution in [2.75, 3.05) is 50.9 Å². The summed E-state index contributed by atoms with van der Waals surface area (Å²) in [6.07, 6.45) is 1.08. The summed E-state index contributed by atoms with van der Waals surface area (Å²) in [6.45, 7) is 6.07. The molecule has 1 aliphatic heterocycles. The maximum atomic E-state index is 11.9. The Bertz CT molecular complexity index is 478. The second kappa shape index (κ2) is 7.63. The van der Waals surface area contributed by atoms with Gasteiger partial charge in [-0.15, -0.1) is 11.3 Å². The van der Waals surface area contributed by atoms with Crippen LogP contribution in [0.1, 0.15) is 23.0 Å². The van der Waals surface area contributed by atoms with Gasteiger partial charge in [0.1, 0.15) is 4.88 Å². The van der Waals surface area contributed by atoms with Crippen molar-refractivity contribution in [3.63, 3.8) is 0 Å². The highest BCUT2D eigenvalue weighted by atomic mass is 32.1. The van der Waals surface area contributed by atoms with Crippen molar-refractivity contribution in [3.8, 4) is 0 Å². The number of anilines is 2. The number of hydrogen-bond acceptors (Lipinski definition) is 6. The van der Waals surface area contributed by atoms with E-state index in [0.29, 0.717) is 17.1 Å². The van der Waals surface area contributed by atoms with Crippen LogP contribution >= 0.6 is 11.3 Å². The molecule has 118 valence electrons. The predicted octanol–water partition coefficient (Wildman–Crippen LogP) is 1.21. The summed E-state index contributed by atoms with van der Waals surface area (Å²) in [4.78, 5) is 14.8.